The van der Waals surface area contributed by atoms with Crippen LogP contribution in [0.3, 0.4) is 0 Å². The monoisotopic (exact) mass is 204 g/mol. The van der Waals surface area contributed by atoms with Gasteiger partial charge in [-0.1, -0.05) is 5.92 Å². The van der Waals surface area contributed by atoms with Crippen molar-refractivity contribution in [2.75, 3.05) is 0 Å². The molecule has 0 heterocycles. The van der Waals surface area contributed by atoms with E-state index in [1.807, 2.05) is 0 Å². The standard InChI is InChI=1S/C10H8N2O3/c11-9(13)6-3-7-1-4-8(5-2-7)10(14)12-15/h1-2,4-5,15H,(H2,11,13)(H,12,14). The average Bonchev–Trinajstić information content (AvgIpc) is 2.26. The molecule has 0 aliphatic carbocycles. The van der Waals surface area contributed by atoms with Gasteiger partial charge in [-0.3, -0.25) is 14.8 Å². The van der Waals surface area contributed by atoms with E-state index in [0.717, 1.165) is 0 Å². The Morgan fingerprint density at radius 2 is 1.87 bits per heavy atom. The van der Waals surface area contributed by atoms with Gasteiger partial charge in [0.05, 0.1) is 0 Å². The minimum absolute atomic E-state index is 0.294. The maximum absolute atomic E-state index is 10.9. The highest BCUT2D eigenvalue weighted by atomic mass is 16.5. The van der Waals surface area contributed by atoms with Crippen molar-refractivity contribution in [3.63, 3.8) is 0 Å². The highest BCUT2D eigenvalue weighted by molar-refractivity contribution is 5.94. The molecule has 0 radical (unpaired) electrons. The Morgan fingerprint density at radius 1 is 1.27 bits per heavy atom. The first-order valence-corrected chi connectivity index (χ1v) is 3.99. The lowest BCUT2D eigenvalue weighted by Gasteiger charge is -1.97. The van der Waals surface area contributed by atoms with E-state index in [9.17, 15) is 9.59 Å². The number of amides is 2. The minimum Gasteiger partial charge on any atom is -0.359 e. The molecule has 2 amide bonds. The fraction of sp³-hybridized carbons (Fsp3) is 0. The van der Waals surface area contributed by atoms with E-state index in [4.69, 9.17) is 10.9 Å². The second-order valence-corrected chi connectivity index (χ2v) is 2.63. The van der Waals surface area contributed by atoms with E-state index in [1.54, 1.807) is 12.1 Å². The number of hydrogen-bond acceptors (Lipinski definition) is 3. The van der Waals surface area contributed by atoms with Gasteiger partial charge in [0.1, 0.15) is 0 Å². The summed E-state index contributed by atoms with van der Waals surface area (Å²) >= 11 is 0. The van der Waals surface area contributed by atoms with Crippen LogP contribution in [-0.2, 0) is 4.79 Å². The number of carbonyl (C=O) groups excluding carboxylic acids is 2. The van der Waals surface area contributed by atoms with Crippen LogP contribution in [0.4, 0.5) is 0 Å². The normalized spacial score (nSPS) is 8.60. The third-order valence-corrected chi connectivity index (χ3v) is 1.58. The Bertz CT molecular complexity index is 440. The summed E-state index contributed by atoms with van der Waals surface area (Å²) in [5, 5.41) is 8.34. The third kappa shape index (κ3) is 3.14. The van der Waals surface area contributed by atoms with Crippen LogP contribution >= 0.6 is 0 Å². The zero-order chi connectivity index (χ0) is 11.3. The molecule has 0 bridgehead atoms. The molecule has 0 unspecified atom stereocenters. The molecule has 0 fully saturated rings. The minimum atomic E-state index is -0.716. The van der Waals surface area contributed by atoms with Crippen LogP contribution < -0.4 is 11.2 Å². The van der Waals surface area contributed by atoms with E-state index in [0.29, 0.717) is 11.1 Å². The van der Waals surface area contributed by atoms with Crippen LogP contribution in [0.15, 0.2) is 24.3 Å². The summed E-state index contributed by atoms with van der Waals surface area (Å²) in [5.74, 6) is 3.35. The molecule has 1 aromatic carbocycles. The van der Waals surface area contributed by atoms with E-state index < -0.39 is 11.8 Å². The van der Waals surface area contributed by atoms with Crippen molar-refractivity contribution in [1.82, 2.24) is 5.48 Å². The van der Waals surface area contributed by atoms with E-state index in [1.165, 1.54) is 17.6 Å². The van der Waals surface area contributed by atoms with E-state index >= 15 is 0 Å². The van der Waals surface area contributed by atoms with Crippen LogP contribution in [-0.4, -0.2) is 17.0 Å². The van der Waals surface area contributed by atoms with E-state index in [2.05, 4.69) is 11.8 Å². The number of hydrogen-bond donors (Lipinski definition) is 3. The number of benzene rings is 1. The smallest absolute Gasteiger partial charge is 0.293 e. The van der Waals surface area contributed by atoms with Crippen LogP contribution in [0, 0.1) is 11.8 Å². The quantitative estimate of drug-likeness (QED) is 0.331. The molecule has 15 heavy (non-hydrogen) atoms. The SMILES string of the molecule is NC(=O)C#Cc1ccc(C(=O)NO)cc1. The lowest BCUT2D eigenvalue weighted by Crippen LogP contribution is -2.18. The molecule has 0 atom stereocenters. The van der Waals surface area contributed by atoms with Gasteiger partial charge in [-0.15, -0.1) is 0 Å². The van der Waals surface area contributed by atoms with Crippen molar-refractivity contribution in [2.24, 2.45) is 5.73 Å². The van der Waals surface area contributed by atoms with Crippen LogP contribution in [0.2, 0.25) is 0 Å². The van der Waals surface area contributed by atoms with Crippen molar-refractivity contribution in [3.8, 4) is 11.8 Å². The highest BCUT2D eigenvalue weighted by Crippen LogP contribution is 2.02. The molecular weight excluding hydrogens is 196 g/mol. The molecule has 0 aromatic heterocycles. The molecule has 4 N–H and O–H groups in total. The largest absolute Gasteiger partial charge is 0.359 e. The average molecular weight is 204 g/mol. The molecule has 1 aromatic rings. The molecule has 76 valence electrons. The summed E-state index contributed by atoms with van der Waals surface area (Å²) < 4.78 is 0. The second-order valence-electron chi connectivity index (χ2n) is 2.63. The van der Waals surface area contributed by atoms with E-state index in [-0.39, 0.29) is 0 Å². The van der Waals surface area contributed by atoms with Crippen molar-refractivity contribution in [1.29, 1.82) is 0 Å². The Balaban J connectivity index is 2.87. The Morgan fingerprint density at radius 3 is 2.33 bits per heavy atom. The predicted octanol–water partition coefficient (Wildman–Crippen LogP) is -0.358. The molecule has 0 spiro atoms. The maximum atomic E-state index is 10.9. The summed E-state index contributed by atoms with van der Waals surface area (Å²) in [4.78, 5) is 21.3. The van der Waals surface area contributed by atoms with Crippen LogP contribution in [0.25, 0.3) is 0 Å². The van der Waals surface area contributed by atoms with Gasteiger partial charge in [-0.2, -0.15) is 0 Å². The van der Waals surface area contributed by atoms with Crippen molar-refractivity contribution in [3.05, 3.63) is 35.4 Å². The number of rotatable bonds is 1. The predicted molar refractivity (Wildman–Crippen MR) is 51.8 cm³/mol. The maximum Gasteiger partial charge on any atom is 0.293 e. The van der Waals surface area contributed by atoms with Gasteiger partial charge in [0.2, 0.25) is 0 Å². The van der Waals surface area contributed by atoms with Gasteiger partial charge in [0.25, 0.3) is 11.8 Å². The molecule has 0 aliphatic heterocycles. The first-order chi connectivity index (χ1) is 7.13. The Kier molecular flexibility index (Phi) is 3.43. The van der Waals surface area contributed by atoms with Gasteiger partial charge in [0, 0.05) is 11.1 Å². The summed E-state index contributed by atoms with van der Waals surface area (Å²) in [6.45, 7) is 0. The molecule has 1 rings (SSSR count). The van der Waals surface area contributed by atoms with Gasteiger partial charge < -0.3 is 5.73 Å². The lowest BCUT2D eigenvalue weighted by molar-refractivity contribution is -0.112. The summed E-state index contributed by atoms with van der Waals surface area (Å²) in [6, 6.07) is 6.02. The number of nitrogens with one attached hydrogen (secondary N) is 1. The molecule has 0 aliphatic rings. The molecular formula is C10H8N2O3. The van der Waals surface area contributed by atoms with Gasteiger partial charge in [-0.25, -0.2) is 5.48 Å². The van der Waals surface area contributed by atoms with Crippen molar-refractivity contribution >= 4 is 11.8 Å². The Hall–Kier alpha value is -2.32. The van der Waals surface area contributed by atoms with Gasteiger partial charge in [-0.05, 0) is 30.2 Å². The third-order valence-electron chi connectivity index (χ3n) is 1.58. The zero-order valence-corrected chi connectivity index (χ0v) is 7.65. The topological polar surface area (TPSA) is 92.4 Å². The summed E-state index contributed by atoms with van der Waals surface area (Å²) in [6.07, 6.45) is 0. The fourth-order valence-electron chi connectivity index (χ4n) is 0.903. The first-order valence-electron chi connectivity index (χ1n) is 3.99. The first kappa shape index (κ1) is 10.8. The molecule has 5 nitrogen and oxygen atoms in total. The molecule has 5 heteroatoms. The van der Waals surface area contributed by atoms with Crippen LogP contribution in [0.5, 0.6) is 0 Å². The molecule has 0 saturated heterocycles. The highest BCUT2D eigenvalue weighted by Gasteiger charge is 2.01. The summed E-state index contributed by atoms with van der Waals surface area (Å²) in [5.41, 5.74) is 7.18. The molecule has 0 saturated carbocycles. The Labute approximate surface area is 85.9 Å². The zero-order valence-electron chi connectivity index (χ0n) is 7.65. The van der Waals surface area contributed by atoms with Crippen molar-refractivity contribution in [2.45, 2.75) is 0 Å². The second kappa shape index (κ2) is 4.79. The number of carbonyl (C=O) groups is 2. The van der Waals surface area contributed by atoms with Gasteiger partial charge >= 0.3 is 0 Å². The number of primary amides is 1. The number of nitrogens with two attached hydrogens (primary N) is 1. The van der Waals surface area contributed by atoms with Gasteiger partial charge in [0.15, 0.2) is 0 Å². The fourth-order valence-corrected chi connectivity index (χ4v) is 0.903. The summed E-state index contributed by atoms with van der Waals surface area (Å²) in [7, 11) is 0. The van der Waals surface area contributed by atoms with Crippen LogP contribution in [0.1, 0.15) is 15.9 Å². The number of hydroxylamine groups is 1. The lowest BCUT2D eigenvalue weighted by atomic mass is 10.1. The van der Waals surface area contributed by atoms with Crippen molar-refractivity contribution < 1.29 is 14.8 Å².